The van der Waals surface area contributed by atoms with Gasteiger partial charge in [-0.05, 0) is 38.8 Å². The highest BCUT2D eigenvalue weighted by Gasteiger charge is 2.25. The molecule has 0 saturated carbocycles. The lowest BCUT2D eigenvalue weighted by Gasteiger charge is -2.39. The Morgan fingerprint density at radius 3 is 2.60 bits per heavy atom. The highest BCUT2D eigenvalue weighted by atomic mass is 19.1. The van der Waals surface area contributed by atoms with Gasteiger partial charge >= 0.3 is 0 Å². The van der Waals surface area contributed by atoms with Crippen LogP contribution in [0.3, 0.4) is 0 Å². The van der Waals surface area contributed by atoms with Crippen LogP contribution >= 0.6 is 0 Å². The summed E-state index contributed by atoms with van der Waals surface area (Å²) >= 11 is 0. The Labute approximate surface area is 121 Å². The van der Waals surface area contributed by atoms with E-state index in [0.29, 0.717) is 30.7 Å². The van der Waals surface area contributed by atoms with Crippen LogP contribution in [0.1, 0.15) is 44.2 Å². The van der Waals surface area contributed by atoms with Crippen LogP contribution in [0.4, 0.5) is 4.39 Å². The number of hydrogen-bond acceptors (Lipinski definition) is 2. The summed E-state index contributed by atoms with van der Waals surface area (Å²) in [4.78, 5) is 2.40. The summed E-state index contributed by atoms with van der Waals surface area (Å²) < 4.78 is 14.2. The summed E-state index contributed by atoms with van der Waals surface area (Å²) in [5.41, 5.74) is 6.77. The van der Waals surface area contributed by atoms with Crippen LogP contribution in [-0.2, 0) is 6.54 Å². The first-order chi connectivity index (χ1) is 9.61. The van der Waals surface area contributed by atoms with Crippen molar-refractivity contribution < 1.29 is 4.39 Å². The van der Waals surface area contributed by atoms with Crippen molar-refractivity contribution in [1.29, 1.82) is 0 Å². The Kier molecular flexibility index (Phi) is 5.17. The van der Waals surface area contributed by atoms with Crippen molar-refractivity contribution in [1.82, 2.24) is 4.90 Å². The fourth-order valence-corrected chi connectivity index (χ4v) is 2.89. The Hall–Kier alpha value is -1.37. The number of halogens is 1. The summed E-state index contributed by atoms with van der Waals surface area (Å²) in [6.07, 6.45) is 3.67. The van der Waals surface area contributed by atoms with Crippen molar-refractivity contribution in [2.75, 3.05) is 6.54 Å². The Balaban J connectivity index is 2.13. The molecule has 1 aliphatic heterocycles. The first-order valence-electron chi connectivity index (χ1n) is 7.35. The Morgan fingerprint density at radius 2 is 2.00 bits per heavy atom. The predicted molar refractivity (Wildman–Crippen MR) is 80.7 cm³/mol. The second-order valence-corrected chi connectivity index (χ2v) is 5.61. The van der Waals surface area contributed by atoms with Gasteiger partial charge in [0, 0.05) is 29.8 Å². The molecule has 0 bridgehead atoms. The number of nitrogens with zero attached hydrogens (tertiary/aromatic N) is 1. The third kappa shape index (κ3) is 3.59. The fourth-order valence-electron chi connectivity index (χ4n) is 2.89. The molecule has 1 aromatic rings. The molecule has 1 aromatic carbocycles. The van der Waals surface area contributed by atoms with E-state index in [1.807, 2.05) is 12.1 Å². The molecule has 3 heteroatoms. The number of benzene rings is 1. The summed E-state index contributed by atoms with van der Waals surface area (Å²) in [5.74, 6) is 5.44. The molecule has 20 heavy (non-hydrogen) atoms. The summed E-state index contributed by atoms with van der Waals surface area (Å²) in [7, 11) is 0. The fraction of sp³-hybridized carbons (Fsp3) is 0.529. The maximum atomic E-state index is 14.2. The first kappa shape index (κ1) is 15.0. The zero-order valence-corrected chi connectivity index (χ0v) is 12.3. The van der Waals surface area contributed by atoms with Crippen molar-refractivity contribution in [3.8, 4) is 11.8 Å². The van der Waals surface area contributed by atoms with Crippen LogP contribution in [0.25, 0.3) is 0 Å². The minimum Gasteiger partial charge on any atom is -0.320 e. The van der Waals surface area contributed by atoms with Gasteiger partial charge in [0.05, 0.1) is 6.54 Å². The lowest BCUT2D eigenvalue weighted by molar-refractivity contribution is 0.0940. The predicted octanol–water partition coefficient (Wildman–Crippen LogP) is 2.90. The summed E-state index contributed by atoms with van der Waals surface area (Å²) in [6.45, 7) is 5.44. The van der Waals surface area contributed by atoms with E-state index in [2.05, 4.69) is 30.6 Å². The van der Waals surface area contributed by atoms with Crippen LogP contribution in [-0.4, -0.2) is 23.5 Å². The van der Waals surface area contributed by atoms with Crippen molar-refractivity contribution in [3.05, 3.63) is 35.1 Å². The van der Waals surface area contributed by atoms with E-state index in [9.17, 15) is 4.39 Å². The van der Waals surface area contributed by atoms with Gasteiger partial charge in [0.15, 0.2) is 0 Å². The van der Waals surface area contributed by atoms with E-state index in [1.54, 1.807) is 0 Å². The maximum Gasteiger partial charge on any atom is 0.128 e. The molecule has 108 valence electrons. The van der Waals surface area contributed by atoms with Crippen molar-refractivity contribution >= 4 is 0 Å². The van der Waals surface area contributed by atoms with Crippen LogP contribution in [0.2, 0.25) is 0 Å². The van der Waals surface area contributed by atoms with Gasteiger partial charge in [-0.25, -0.2) is 4.39 Å². The molecule has 0 unspecified atom stereocenters. The highest BCUT2D eigenvalue weighted by molar-refractivity contribution is 5.37. The number of rotatable bonds is 2. The number of hydrogen-bond donors (Lipinski definition) is 1. The quantitative estimate of drug-likeness (QED) is 0.840. The van der Waals surface area contributed by atoms with Crippen molar-refractivity contribution in [2.45, 2.75) is 51.7 Å². The molecule has 2 N–H and O–H groups in total. The van der Waals surface area contributed by atoms with Crippen LogP contribution < -0.4 is 5.73 Å². The third-order valence-electron chi connectivity index (χ3n) is 4.12. The lowest BCUT2D eigenvalue weighted by Crippen LogP contribution is -2.43. The summed E-state index contributed by atoms with van der Waals surface area (Å²) in [6, 6.07) is 6.28. The van der Waals surface area contributed by atoms with Crippen LogP contribution in [0, 0.1) is 17.7 Å². The van der Waals surface area contributed by atoms with E-state index >= 15 is 0 Å². The minimum atomic E-state index is -0.168. The van der Waals surface area contributed by atoms with Crippen LogP contribution in [0.5, 0.6) is 0 Å². The number of nitrogens with two attached hydrogens (primary N) is 1. The average molecular weight is 274 g/mol. The smallest absolute Gasteiger partial charge is 0.128 e. The van der Waals surface area contributed by atoms with E-state index in [1.165, 1.54) is 25.3 Å². The SMILES string of the molecule is C[C@@H]1CCC[C@H](C)N1Cc1ccc(C#CCN)cc1F. The Bertz CT molecular complexity index is 505. The number of piperidine rings is 1. The van der Waals surface area contributed by atoms with E-state index < -0.39 is 0 Å². The number of likely N-dealkylation sites (tertiary alicyclic amines) is 1. The standard InChI is InChI=1S/C17H23FN2/c1-13-5-3-6-14(2)20(13)12-16-9-8-15(7-4-10-19)11-17(16)18/h8-9,11,13-14H,3,5-6,10,12,19H2,1-2H3/t13-,14+. The molecular formula is C17H23FN2. The molecular weight excluding hydrogens is 251 g/mol. The molecule has 0 radical (unpaired) electrons. The van der Waals surface area contributed by atoms with E-state index in [-0.39, 0.29) is 5.82 Å². The van der Waals surface area contributed by atoms with Crippen molar-refractivity contribution in [3.63, 3.8) is 0 Å². The van der Waals surface area contributed by atoms with Crippen molar-refractivity contribution in [2.24, 2.45) is 5.73 Å². The topological polar surface area (TPSA) is 29.3 Å². The van der Waals surface area contributed by atoms with Gasteiger partial charge in [0.25, 0.3) is 0 Å². The zero-order valence-electron chi connectivity index (χ0n) is 12.3. The van der Waals surface area contributed by atoms with Crippen LogP contribution in [0.15, 0.2) is 18.2 Å². The second kappa shape index (κ2) is 6.88. The van der Waals surface area contributed by atoms with Gasteiger partial charge in [0.1, 0.15) is 5.82 Å². The molecule has 2 atom stereocenters. The van der Waals surface area contributed by atoms with Gasteiger partial charge in [-0.2, -0.15) is 0 Å². The molecule has 0 aliphatic carbocycles. The molecule has 1 fully saturated rings. The minimum absolute atomic E-state index is 0.168. The molecule has 2 nitrogen and oxygen atoms in total. The average Bonchev–Trinajstić information content (AvgIpc) is 2.42. The summed E-state index contributed by atoms with van der Waals surface area (Å²) in [5, 5.41) is 0. The lowest BCUT2D eigenvalue weighted by atomic mass is 9.96. The molecule has 2 rings (SSSR count). The zero-order chi connectivity index (χ0) is 14.5. The van der Waals surface area contributed by atoms with E-state index in [0.717, 1.165) is 5.56 Å². The molecule has 0 spiro atoms. The molecule has 0 aromatic heterocycles. The van der Waals surface area contributed by atoms with Gasteiger partial charge in [0.2, 0.25) is 0 Å². The third-order valence-corrected chi connectivity index (χ3v) is 4.12. The highest BCUT2D eigenvalue weighted by Crippen LogP contribution is 2.25. The van der Waals surface area contributed by atoms with Gasteiger partial charge in [-0.3, -0.25) is 4.90 Å². The molecule has 1 saturated heterocycles. The monoisotopic (exact) mass is 274 g/mol. The Morgan fingerprint density at radius 1 is 1.30 bits per heavy atom. The van der Waals surface area contributed by atoms with Gasteiger partial charge < -0.3 is 5.73 Å². The largest absolute Gasteiger partial charge is 0.320 e. The van der Waals surface area contributed by atoms with Gasteiger partial charge in [-0.1, -0.05) is 24.3 Å². The molecule has 0 amide bonds. The maximum absolute atomic E-state index is 14.2. The molecule has 1 aliphatic rings. The van der Waals surface area contributed by atoms with E-state index in [4.69, 9.17) is 5.73 Å². The molecule has 1 heterocycles. The first-order valence-corrected chi connectivity index (χ1v) is 7.35. The second-order valence-electron chi connectivity index (χ2n) is 5.61. The normalized spacial score (nSPS) is 23.2. The van der Waals surface area contributed by atoms with Gasteiger partial charge in [-0.15, -0.1) is 0 Å².